The van der Waals surface area contributed by atoms with E-state index in [0.29, 0.717) is 11.3 Å². The number of aliphatic carboxylic acids is 1. The molecular formula is C16H15N3O3. The van der Waals surface area contributed by atoms with E-state index in [9.17, 15) is 9.90 Å². The fourth-order valence-electron chi connectivity index (χ4n) is 1.74. The molecule has 0 spiro atoms. The van der Waals surface area contributed by atoms with Gasteiger partial charge in [-0.1, -0.05) is 12.1 Å². The van der Waals surface area contributed by atoms with Crippen LogP contribution in [0.1, 0.15) is 11.1 Å². The molecule has 0 saturated carbocycles. The largest absolute Gasteiger partial charge is 0.507 e. The van der Waals surface area contributed by atoms with Gasteiger partial charge in [0.2, 0.25) is 0 Å². The lowest BCUT2D eigenvalue weighted by atomic mass is 10.2. The Hall–Kier alpha value is -3.02. The SMILES string of the molecule is Cc1cccc(N=Nc2ccc(O)c(C=NCC(=O)O)c2)c1. The van der Waals surface area contributed by atoms with E-state index < -0.39 is 5.97 Å². The van der Waals surface area contributed by atoms with Crippen LogP contribution in [0.4, 0.5) is 11.4 Å². The van der Waals surface area contributed by atoms with Gasteiger partial charge in [0.15, 0.2) is 0 Å². The first-order valence-electron chi connectivity index (χ1n) is 6.57. The van der Waals surface area contributed by atoms with E-state index in [-0.39, 0.29) is 12.3 Å². The highest BCUT2D eigenvalue weighted by Gasteiger charge is 2.01. The molecule has 2 aromatic carbocycles. The number of benzene rings is 2. The topological polar surface area (TPSA) is 94.6 Å². The van der Waals surface area contributed by atoms with Crippen LogP contribution in [-0.2, 0) is 4.79 Å². The summed E-state index contributed by atoms with van der Waals surface area (Å²) in [6.07, 6.45) is 1.30. The summed E-state index contributed by atoms with van der Waals surface area (Å²) < 4.78 is 0. The third-order valence-electron chi connectivity index (χ3n) is 2.75. The number of aromatic hydroxyl groups is 1. The molecule has 2 N–H and O–H groups in total. The highest BCUT2D eigenvalue weighted by atomic mass is 16.4. The molecule has 0 aliphatic heterocycles. The van der Waals surface area contributed by atoms with Gasteiger partial charge >= 0.3 is 5.97 Å². The third kappa shape index (κ3) is 4.52. The second-order valence-corrected chi connectivity index (χ2v) is 4.65. The Morgan fingerprint density at radius 1 is 1.14 bits per heavy atom. The number of nitrogens with zero attached hydrogens (tertiary/aromatic N) is 3. The molecule has 22 heavy (non-hydrogen) atoms. The summed E-state index contributed by atoms with van der Waals surface area (Å²) in [6.45, 7) is 1.62. The fraction of sp³-hybridized carbons (Fsp3) is 0.125. The summed E-state index contributed by atoms with van der Waals surface area (Å²) in [5.74, 6) is -1.03. The molecule has 0 aliphatic carbocycles. The van der Waals surface area contributed by atoms with Crippen molar-refractivity contribution < 1.29 is 15.0 Å². The van der Waals surface area contributed by atoms with E-state index in [1.54, 1.807) is 12.1 Å². The second kappa shape index (κ2) is 7.12. The lowest BCUT2D eigenvalue weighted by Crippen LogP contribution is -1.99. The lowest BCUT2D eigenvalue weighted by molar-refractivity contribution is -0.135. The molecule has 0 fully saturated rings. The van der Waals surface area contributed by atoms with E-state index in [1.165, 1.54) is 12.3 Å². The maximum Gasteiger partial charge on any atom is 0.325 e. The Labute approximate surface area is 127 Å². The predicted molar refractivity (Wildman–Crippen MR) is 83.6 cm³/mol. The number of aliphatic imine (C=N–C) groups is 1. The highest BCUT2D eigenvalue weighted by molar-refractivity contribution is 5.86. The first kappa shape index (κ1) is 15.4. The molecule has 0 atom stereocenters. The first-order chi connectivity index (χ1) is 10.5. The molecule has 0 bridgehead atoms. The Morgan fingerprint density at radius 2 is 1.86 bits per heavy atom. The van der Waals surface area contributed by atoms with Gasteiger partial charge in [-0.15, -0.1) is 0 Å². The van der Waals surface area contributed by atoms with Crippen LogP contribution < -0.4 is 0 Å². The Balaban J connectivity index is 2.18. The molecule has 6 heteroatoms. The van der Waals surface area contributed by atoms with Crippen molar-refractivity contribution in [3.05, 3.63) is 53.6 Å². The third-order valence-corrected chi connectivity index (χ3v) is 2.75. The molecule has 0 saturated heterocycles. The molecule has 0 unspecified atom stereocenters. The van der Waals surface area contributed by atoms with Crippen LogP contribution in [0.15, 0.2) is 57.7 Å². The average molecular weight is 297 g/mol. The molecule has 2 rings (SSSR count). The molecule has 0 aliphatic rings. The molecule has 6 nitrogen and oxygen atoms in total. The zero-order valence-electron chi connectivity index (χ0n) is 12.0. The number of rotatable bonds is 5. The van der Waals surface area contributed by atoms with E-state index >= 15 is 0 Å². The van der Waals surface area contributed by atoms with Gasteiger partial charge in [-0.3, -0.25) is 9.79 Å². The van der Waals surface area contributed by atoms with Crippen LogP contribution in [0.3, 0.4) is 0 Å². The summed E-state index contributed by atoms with van der Waals surface area (Å²) >= 11 is 0. The van der Waals surface area contributed by atoms with Crippen molar-refractivity contribution in [1.29, 1.82) is 0 Å². The molecular weight excluding hydrogens is 282 g/mol. The minimum absolute atomic E-state index is 0.00337. The van der Waals surface area contributed by atoms with E-state index in [0.717, 1.165) is 11.3 Å². The summed E-state index contributed by atoms with van der Waals surface area (Å²) in [6, 6.07) is 12.3. The standard InChI is InChI=1S/C16H15N3O3/c1-11-3-2-4-13(7-11)18-19-14-5-6-15(20)12(8-14)9-17-10-16(21)22/h2-9,20H,10H2,1H3,(H,21,22). The van der Waals surface area contributed by atoms with Gasteiger partial charge in [0, 0.05) is 11.8 Å². The second-order valence-electron chi connectivity index (χ2n) is 4.65. The number of carbonyl (C=O) groups is 1. The monoisotopic (exact) mass is 297 g/mol. The summed E-state index contributed by atoms with van der Waals surface area (Å²) in [5, 5.41) is 26.5. The number of hydrogen-bond donors (Lipinski definition) is 2. The van der Waals surface area contributed by atoms with Crippen molar-refractivity contribution in [2.24, 2.45) is 15.2 Å². The number of hydrogen-bond acceptors (Lipinski definition) is 5. The van der Waals surface area contributed by atoms with Gasteiger partial charge < -0.3 is 10.2 Å². The average Bonchev–Trinajstić information content (AvgIpc) is 2.47. The Morgan fingerprint density at radius 3 is 2.55 bits per heavy atom. The molecule has 0 heterocycles. The van der Waals surface area contributed by atoms with Crippen molar-refractivity contribution in [3.8, 4) is 5.75 Å². The van der Waals surface area contributed by atoms with Crippen LogP contribution in [0.5, 0.6) is 5.75 Å². The van der Waals surface area contributed by atoms with Gasteiger partial charge in [-0.2, -0.15) is 10.2 Å². The first-order valence-corrected chi connectivity index (χ1v) is 6.57. The van der Waals surface area contributed by atoms with Crippen LogP contribution in [0.25, 0.3) is 0 Å². The number of carboxylic acid groups (broad SMARTS) is 1. The van der Waals surface area contributed by atoms with Crippen molar-refractivity contribution in [3.63, 3.8) is 0 Å². The number of carboxylic acids is 1. The predicted octanol–water partition coefficient (Wildman–Crippen LogP) is 3.62. The Bertz CT molecular complexity index is 739. The quantitative estimate of drug-likeness (QED) is 0.651. The van der Waals surface area contributed by atoms with Crippen LogP contribution in [-0.4, -0.2) is 28.9 Å². The van der Waals surface area contributed by atoms with Crippen molar-refractivity contribution >= 4 is 23.6 Å². The van der Waals surface area contributed by atoms with Crippen LogP contribution in [0.2, 0.25) is 0 Å². The molecule has 0 aromatic heterocycles. The van der Waals surface area contributed by atoms with Gasteiger partial charge in [0.05, 0.1) is 11.4 Å². The van der Waals surface area contributed by atoms with E-state index in [2.05, 4.69) is 15.2 Å². The summed E-state index contributed by atoms with van der Waals surface area (Å²) in [4.78, 5) is 14.1. The van der Waals surface area contributed by atoms with Crippen molar-refractivity contribution in [1.82, 2.24) is 0 Å². The zero-order valence-corrected chi connectivity index (χ0v) is 12.0. The molecule has 0 radical (unpaired) electrons. The maximum absolute atomic E-state index is 10.4. The number of phenolic OH excluding ortho intramolecular Hbond substituents is 1. The molecule has 2 aromatic rings. The normalized spacial score (nSPS) is 11.3. The number of azo groups is 1. The molecule has 112 valence electrons. The highest BCUT2D eigenvalue weighted by Crippen LogP contribution is 2.24. The van der Waals surface area contributed by atoms with Gasteiger partial charge in [-0.05, 0) is 42.8 Å². The lowest BCUT2D eigenvalue weighted by Gasteiger charge is -2.00. The minimum atomic E-state index is -1.04. The molecule has 0 amide bonds. The van der Waals surface area contributed by atoms with Gasteiger partial charge in [0.25, 0.3) is 0 Å². The van der Waals surface area contributed by atoms with Crippen LogP contribution in [0, 0.1) is 6.92 Å². The van der Waals surface area contributed by atoms with Crippen molar-refractivity contribution in [2.45, 2.75) is 6.92 Å². The summed E-state index contributed by atoms with van der Waals surface area (Å²) in [5.41, 5.74) is 2.75. The van der Waals surface area contributed by atoms with Crippen LogP contribution >= 0.6 is 0 Å². The van der Waals surface area contributed by atoms with E-state index in [1.807, 2.05) is 31.2 Å². The number of aryl methyl sites for hydroxylation is 1. The maximum atomic E-state index is 10.4. The summed E-state index contributed by atoms with van der Waals surface area (Å²) in [7, 11) is 0. The Kier molecular flexibility index (Phi) is 4.98. The fourth-order valence-corrected chi connectivity index (χ4v) is 1.74. The zero-order chi connectivity index (χ0) is 15.9. The minimum Gasteiger partial charge on any atom is -0.507 e. The van der Waals surface area contributed by atoms with E-state index in [4.69, 9.17) is 5.11 Å². The smallest absolute Gasteiger partial charge is 0.325 e. The van der Waals surface area contributed by atoms with Gasteiger partial charge in [-0.25, -0.2) is 0 Å². The van der Waals surface area contributed by atoms with Crippen molar-refractivity contribution in [2.75, 3.05) is 6.54 Å². The number of phenols is 1. The van der Waals surface area contributed by atoms with Gasteiger partial charge in [0.1, 0.15) is 12.3 Å².